The maximum atomic E-state index is 12.3. The van der Waals surface area contributed by atoms with Gasteiger partial charge in [-0.25, -0.2) is 9.78 Å². The van der Waals surface area contributed by atoms with Gasteiger partial charge in [0.25, 0.3) is 0 Å². The zero-order valence-electron chi connectivity index (χ0n) is 14.2. The third-order valence-electron chi connectivity index (χ3n) is 4.43. The van der Waals surface area contributed by atoms with Crippen molar-refractivity contribution in [1.82, 2.24) is 14.9 Å². The number of pyridine rings is 1. The maximum Gasteiger partial charge on any atom is 0.410 e. The molecular formula is C16H19ClN4O3S. The first-order chi connectivity index (χ1) is 11.7. The second-order valence-corrected chi connectivity index (χ2v) is 8.84. The number of fused-ring (bicyclic) bond motifs is 3. The second-order valence-electron chi connectivity index (χ2n) is 7.44. The quantitative estimate of drug-likeness (QED) is 0.763. The molecule has 0 unspecified atom stereocenters. The smallest absolute Gasteiger partial charge is 0.410 e. The largest absolute Gasteiger partial charge is 0.492 e. The average molecular weight is 383 g/mol. The summed E-state index contributed by atoms with van der Waals surface area (Å²) in [6.45, 7) is 6.96. The molecule has 25 heavy (non-hydrogen) atoms. The van der Waals surface area contributed by atoms with Crippen molar-refractivity contribution in [3.8, 4) is 5.88 Å². The summed E-state index contributed by atoms with van der Waals surface area (Å²) in [7, 11) is 0. The Morgan fingerprint density at radius 2 is 2.12 bits per heavy atom. The molecule has 2 aliphatic heterocycles. The predicted octanol–water partition coefficient (Wildman–Crippen LogP) is 3.25. The van der Waals surface area contributed by atoms with E-state index in [-0.39, 0.29) is 29.2 Å². The van der Waals surface area contributed by atoms with Crippen LogP contribution in [0, 0.1) is 0 Å². The van der Waals surface area contributed by atoms with Crippen LogP contribution in [-0.2, 0) is 4.74 Å². The van der Waals surface area contributed by atoms with Crippen LogP contribution in [0.4, 0.5) is 9.93 Å². The summed E-state index contributed by atoms with van der Waals surface area (Å²) in [4.78, 5) is 24.7. The van der Waals surface area contributed by atoms with Gasteiger partial charge in [-0.3, -0.25) is 0 Å². The van der Waals surface area contributed by atoms with Gasteiger partial charge in [-0.05, 0) is 33.3 Å². The Morgan fingerprint density at radius 3 is 2.76 bits per heavy atom. The Morgan fingerprint density at radius 1 is 1.36 bits per heavy atom. The minimum absolute atomic E-state index is 0.127. The lowest BCUT2D eigenvalue weighted by Gasteiger charge is -2.35. The second kappa shape index (κ2) is 5.60. The molecule has 2 aliphatic rings. The van der Waals surface area contributed by atoms with Crippen LogP contribution >= 0.6 is 22.9 Å². The van der Waals surface area contributed by atoms with Crippen molar-refractivity contribution in [2.45, 2.75) is 44.9 Å². The first-order valence-corrected chi connectivity index (χ1v) is 9.33. The molecule has 2 fully saturated rings. The van der Waals surface area contributed by atoms with E-state index in [4.69, 9.17) is 16.3 Å². The Balaban J connectivity index is 1.53. The number of rotatable bonds is 1. The Hall–Kier alpha value is -1.80. The highest BCUT2D eigenvalue weighted by Gasteiger charge is 2.47. The van der Waals surface area contributed by atoms with Gasteiger partial charge < -0.3 is 19.6 Å². The van der Waals surface area contributed by atoms with Crippen LogP contribution in [0.25, 0.3) is 10.2 Å². The Labute approximate surface area is 154 Å². The summed E-state index contributed by atoms with van der Waals surface area (Å²) in [6.07, 6.45) is 0.651. The zero-order valence-corrected chi connectivity index (χ0v) is 15.8. The van der Waals surface area contributed by atoms with Gasteiger partial charge in [-0.1, -0.05) is 22.9 Å². The third-order valence-corrected chi connectivity index (χ3v) is 5.66. The van der Waals surface area contributed by atoms with Crippen LogP contribution in [0.1, 0.15) is 27.2 Å². The van der Waals surface area contributed by atoms with E-state index in [9.17, 15) is 9.90 Å². The van der Waals surface area contributed by atoms with Crippen molar-refractivity contribution in [1.29, 1.82) is 0 Å². The zero-order chi connectivity index (χ0) is 17.9. The molecule has 0 aromatic carbocycles. The van der Waals surface area contributed by atoms with E-state index in [1.165, 1.54) is 11.3 Å². The van der Waals surface area contributed by atoms with Crippen molar-refractivity contribution in [2.24, 2.45) is 0 Å². The first-order valence-electron chi connectivity index (χ1n) is 8.13. The predicted molar refractivity (Wildman–Crippen MR) is 96.6 cm³/mol. The summed E-state index contributed by atoms with van der Waals surface area (Å²) >= 11 is 7.38. The molecule has 0 spiro atoms. The first kappa shape index (κ1) is 16.7. The summed E-state index contributed by atoms with van der Waals surface area (Å²) in [5.41, 5.74) is -0.0220. The highest BCUT2D eigenvalue weighted by atomic mass is 35.5. The Bertz CT molecular complexity index is 850. The molecule has 2 bridgehead atoms. The molecule has 2 saturated heterocycles. The van der Waals surface area contributed by atoms with E-state index in [0.717, 1.165) is 16.3 Å². The number of anilines is 1. The van der Waals surface area contributed by atoms with Gasteiger partial charge in [0, 0.05) is 13.1 Å². The number of likely N-dealkylation sites (tertiary alicyclic amines) is 1. The summed E-state index contributed by atoms with van der Waals surface area (Å²) in [5.74, 6) is -0.148. The van der Waals surface area contributed by atoms with Crippen LogP contribution < -0.4 is 4.90 Å². The lowest BCUT2D eigenvalue weighted by Crippen LogP contribution is -2.50. The molecule has 4 rings (SSSR count). The van der Waals surface area contributed by atoms with E-state index in [0.29, 0.717) is 18.6 Å². The maximum absolute atomic E-state index is 12.3. The van der Waals surface area contributed by atoms with Crippen LogP contribution in [0.3, 0.4) is 0 Å². The molecule has 0 saturated carbocycles. The number of thiazole rings is 1. The van der Waals surface area contributed by atoms with Crippen molar-refractivity contribution in [3.63, 3.8) is 0 Å². The van der Waals surface area contributed by atoms with Gasteiger partial charge in [0.15, 0.2) is 5.13 Å². The van der Waals surface area contributed by atoms with E-state index >= 15 is 0 Å². The van der Waals surface area contributed by atoms with Crippen molar-refractivity contribution < 1.29 is 14.6 Å². The average Bonchev–Trinajstić information content (AvgIpc) is 3.17. The van der Waals surface area contributed by atoms with Crippen LogP contribution in [0.5, 0.6) is 5.88 Å². The molecule has 7 nitrogen and oxygen atoms in total. The minimum atomic E-state index is -0.491. The molecule has 1 amide bonds. The summed E-state index contributed by atoms with van der Waals surface area (Å²) < 4.78 is 6.30. The number of ether oxygens (including phenoxy) is 1. The number of amides is 1. The highest BCUT2D eigenvalue weighted by Crippen LogP contribution is 2.40. The topological polar surface area (TPSA) is 78.8 Å². The van der Waals surface area contributed by atoms with E-state index < -0.39 is 5.60 Å². The number of hydrogen-bond donors (Lipinski definition) is 1. The van der Waals surface area contributed by atoms with Gasteiger partial charge in [-0.2, -0.15) is 4.98 Å². The third kappa shape index (κ3) is 2.97. The molecule has 2 atom stereocenters. The van der Waals surface area contributed by atoms with Crippen LogP contribution in [0.2, 0.25) is 5.15 Å². The van der Waals surface area contributed by atoms with Gasteiger partial charge in [0.1, 0.15) is 16.3 Å². The molecule has 1 N–H and O–H groups in total. The number of carbonyl (C=O) groups is 1. The number of nitrogens with zero attached hydrogens (tertiary/aromatic N) is 4. The van der Waals surface area contributed by atoms with E-state index in [1.807, 2.05) is 25.7 Å². The fourth-order valence-corrected chi connectivity index (χ4v) is 4.77. The molecule has 9 heteroatoms. The van der Waals surface area contributed by atoms with E-state index in [2.05, 4.69) is 14.9 Å². The fraction of sp³-hybridized carbons (Fsp3) is 0.562. The SMILES string of the molecule is CC(C)(C)OC(=O)N1C[C@H]2C[C@@H]1CN2c1nc2c(O)nc(Cl)cc2s1. The molecule has 4 heterocycles. The van der Waals surface area contributed by atoms with Gasteiger partial charge in [-0.15, -0.1) is 0 Å². The lowest BCUT2D eigenvalue weighted by molar-refractivity contribution is 0.0215. The molecule has 2 aromatic rings. The van der Waals surface area contributed by atoms with Gasteiger partial charge in [0.05, 0.1) is 16.8 Å². The van der Waals surface area contributed by atoms with Crippen molar-refractivity contribution in [3.05, 3.63) is 11.2 Å². The minimum Gasteiger partial charge on any atom is -0.492 e. The fourth-order valence-electron chi connectivity index (χ4n) is 3.44. The van der Waals surface area contributed by atoms with Crippen molar-refractivity contribution >= 4 is 44.4 Å². The standard InChI is InChI=1S/C16H19ClN4O3S/c1-16(2,3)24-15(23)21-7-8-4-9(21)6-20(8)14-19-12-10(25-14)5-11(17)18-13(12)22/h5,8-9H,4,6-7H2,1-3H3,(H,18,22)/t8-,9-/m1/s1. The highest BCUT2D eigenvalue weighted by molar-refractivity contribution is 7.22. The van der Waals surface area contributed by atoms with Crippen molar-refractivity contribution in [2.75, 3.05) is 18.0 Å². The van der Waals surface area contributed by atoms with Crippen LogP contribution in [-0.4, -0.2) is 56.8 Å². The number of aromatic hydroxyl groups is 1. The summed E-state index contributed by atoms with van der Waals surface area (Å²) in [5, 5.41) is 11.0. The molecule has 2 aromatic heterocycles. The van der Waals surface area contributed by atoms with Gasteiger partial charge >= 0.3 is 6.09 Å². The number of carbonyl (C=O) groups excluding carboxylic acids is 1. The van der Waals surface area contributed by atoms with E-state index in [1.54, 1.807) is 6.07 Å². The number of hydrogen-bond acceptors (Lipinski definition) is 7. The molecule has 134 valence electrons. The van der Waals surface area contributed by atoms with Gasteiger partial charge in [0.2, 0.25) is 5.88 Å². The number of piperazine rings is 1. The molecule has 0 radical (unpaired) electrons. The monoisotopic (exact) mass is 382 g/mol. The van der Waals surface area contributed by atoms with Crippen LogP contribution in [0.15, 0.2) is 6.07 Å². The normalized spacial score (nSPS) is 22.9. The lowest BCUT2D eigenvalue weighted by atomic mass is 10.2. The Kier molecular flexibility index (Phi) is 3.73. The summed E-state index contributed by atoms with van der Waals surface area (Å²) in [6, 6.07) is 2.05. The molecular weight excluding hydrogens is 364 g/mol. The number of aromatic nitrogens is 2. The molecule has 0 aliphatic carbocycles. The number of halogens is 1.